The molecule has 8 rings (SSSR count). The number of primary amides is 2. The molecule has 1 aliphatic heterocycles. The number of amides is 16. The zero-order valence-corrected chi connectivity index (χ0v) is 74.4. The van der Waals surface area contributed by atoms with Crippen molar-refractivity contribution in [3.8, 4) is 11.5 Å². The minimum Gasteiger partial charge on any atom is -0.508 e. The van der Waals surface area contributed by atoms with Gasteiger partial charge in [-0.3, -0.25) is 76.7 Å². The number of aromatic amines is 1. The molecule has 5 aromatic carbocycles. The van der Waals surface area contributed by atoms with Gasteiger partial charge in [0.25, 0.3) is 0 Å². The summed E-state index contributed by atoms with van der Waals surface area (Å²) in [4.78, 5) is 247. The number of carbonyl (C=O) groups is 16. The Morgan fingerprint density at radius 2 is 0.992 bits per heavy atom. The molecule has 16 amide bonds. The Hall–Kier alpha value is -13.3. The molecule has 0 spiro atoms. The van der Waals surface area contributed by atoms with Crippen LogP contribution in [0, 0.1) is 5.92 Å². The highest BCUT2D eigenvalue weighted by atomic mass is 32.2. The number of aromatic hydroxyl groups is 2. The Morgan fingerprint density at radius 1 is 0.492 bits per heavy atom. The summed E-state index contributed by atoms with van der Waals surface area (Å²) in [6.07, 6.45) is 0.228. The number of phenolic OH excluding ortho intramolecular Hbond substituents is 2. The van der Waals surface area contributed by atoms with Crippen LogP contribution < -0.4 is 65.1 Å². The zero-order valence-electron chi connectivity index (χ0n) is 72.7. The van der Waals surface area contributed by atoms with Gasteiger partial charge in [-0.05, 0) is 89.9 Å². The summed E-state index contributed by atoms with van der Waals surface area (Å²) in [7, 11) is 6.53. The first-order chi connectivity index (χ1) is 61.0. The molecule has 0 aliphatic carbocycles. The molecule has 0 bridgehead atoms. The Balaban J connectivity index is 1.21. The Kier molecular flexibility index (Phi) is 38.3. The first-order valence-electron chi connectivity index (χ1n) is 41.9. The predicted molar refractivity (Wildman–Crippen MR) is 478 cm³/mol. The molecule has 0 radical (unpaired) electrons. The summed E-state index contributed by atoms with van der Waals surface area (Å²) in [5.74, 6) is -16.6. The number of aromatic nitrogens is 2. The lowest BCUT2D eigenvalue weighted by atomic mass is 9.98. The summed E-state index contributed by atoms with van der Waals surface area (Å²) >= 11 is 2.02. The van der Waals surface area contributed by atoms with Crippen molar-refractivity contribution in [3.63, 3.8) is 0 Å². The van der Waals surface area contributed by atoms with Crippen LogP contribution in [0.3, 0.4) is 0 Å². The van der Waals surface area contributed by atoms with Crippen molar-refractivity contribution in [1.29, 1.82) is 0 Å². The summed E-state index contributed by atoms with van der Waals surface area (Å²) in [6.45, 7) is 2.72. The molecule has 18 N–H and O–H groups in total. The van der Waals surface area contributed by atoms with Crippen LogP contribution in [0.5, 0.6) is 11.5 Å². The van der Waals surface area contributed by atoms with Crippen molar-refractivity contribution in [1.82, 2.24) is 82.3 Å². The van der Waals surface area contributed by atoms with Gasteiger partial charge in [-0.1, -0.05) is 137 Å². The van der Waals surface area contributed by atoms with Gasteiger partial charge in [0, 0.05) is 102 Å². The average Bonchev–Trinajstić information content (AvgIpc) is 1.63. The van der Waals surface area contributed by atoms with Crippen molar-refractivity contribution >= 4 is 129 Å². The normalized spacial score (nSPS) is 22.0. The first kappa shape index (κ1) is 100. The topological polar surface area (TPSA) is 545 Å². The van der Waals surface area contributed by atoms with Crippen LogP contribution in [0.15, 0.2) is 151 Å². The number of para-hydroxylation sites is 1. The van der Waals surface area contributed by atoms with Crippen LogP contribution in [-0.4, -0.2) is 279 Å². The van der Waals surface area contributed by atoms with E-state index >= 15 is 33.6 Å². The minimum atomic E-state index is -1.79. The van der Waals surface area contributed by atoms with Gasteiger partial charge < -0.3 is 105 Å². The second-order valence-corrected chi connectivity index (χ2v) is 33.7. The fourth-order valence-electron chi connectivity index (χ4n) is 14.6. The number of fused-ring (bicyclic) bond motifs is 1. The SMILES string of the molecule is CCCC[C@H]1C(=O)N(C)CC(=O)N[C@H](CC(N)=O)C(=O)N[C@@H](C(C)C)C(=O)N(C)[C@@H](Cc2ccccc2)C(=O)N[C@H](Cc2ccc(O)cc2)C(=O)N(C)CC(=O)N[C@@H](Cc2c[nH]c3ccccc23)C(=O)N[C@@H](Cc2ccc(O)cc2)C(=O)N[C@H](CCCN)C(=O)N[C@H](C(=O)NCC(N)=O)CSCC(=O)N[C@H](Cc2ccccc2)C(=O)N(C)[C@H](Cc2cscn2)C(=O)N1C. The molecule has 128 heavy (non-hydrogen) atoms. The van der Waals surface area contributed by atoms with Crippen molar-refractivity contribution in [2.24, 2.45) is 23.1 Å². The van der Waals surface area contributed by atoms with Gasteiger partial charge in [0.15, 0.2) is 0 Å². The maximum Gasteiger partial charge on any atom is 0.246 e. The quantitative estimate of drug-likeness (QED) is 0.0375. The second-order valence-electron chi connectivity index (χ2n) is 31.9. The maximum atomic E-state index is 15.4. The molecule has 0 saturated carbocycles. The van der Waals surface area contributed by atoms with Gasteiger partial charge in [-0.15, -0.1) is 23.1 Å². The number of hydrogen-bond acceptors (Lipinski definition) is 22. The van der Waals surface area contributed by atoms with Gasteiger partial charge >= 0.3 is 0 Å². The molecule has 686 valence electrons. The van der Waals surface area contributed by atoms with Crippen molar-refractivity contribution in [3.05, 3.63) is 184 Å². The van der Waals surface area contributed by atoms with E-state index in [0.717, 1.165) is 36.3 Å². The van der Waals surface area contributed by atoms with Crippen LogP contribution in [0.25, 0.3) is 10.9 Å². The number of nitrogens with one attached hydrogen (secondary N) is 10. The van der Waals surface area contributed by atoms with E-state index in [-0.39, 0.29) is 75.8 Å². The number of likely N-dealkylation sites (N-methyl/N-ethyl adjacent to an activating group) is 5. The number of nitrogens with zero attached hydrogens (tertiary/aromatic N) is 6. The number of rotatable bonds is 24. The molecule has 1 fully saturated rings. The Labute approximate surface area is 749 Å². The molecule has 1 aliphatic rings. The highest BCUT2D eigenvalue weighted by molar-refractivity contribution is 8.00. The summed E-state index contributed by atoms with van der Waals surface area (Å²) < 4.78 is 0. The standard InChI is InChI=1S/C89H115N19O18S2/c1-9-10-27-70-87(124)105(5)47-76(114)97-66(43-73(91)111)83(120)103-78(52(2)3)89(126)107(7)71(40-54-22-15-12-16-23-54)84(121)101-67(39-56-30-34-60(110)35-31-56)85(122)104(4)46-75(113)96-65(41-57-44-93-62-25-18-17-24-61(57)62)82(119)100-64(37-55-28-32-59(109)33-29-55)81(118)99-63(26-19-36-90)80(117)102-69(79(116)94-45-74(92)112)49-127-50-77(115)98-68(38-53-20-13-11-14-21-53)86(123)108(8)72(88(125)106(70)6)42-58-48-128-51-95-58/h11-18,20-25,28-35,44,48,51-52,63-72,78,93,109-110H,9-10,19,26-27,36-43,45-47,49-50,90H2,1-8H3,(H2,91,111)(H2,92,112)(H,94,116)(H,96,113)(H,97,114)(H,98,115)(H,99,118)(H,100,119)(H,101,121)(H,102,117)(H,103,120)/t63-,64+,65+,66-,67-,68-,69+,70+,71+,72-,78+/m1/s1. The van der Waals surface area contributed by atoms with Crippen LogP contribution >= 0.6 is 23.1 Å². The second kappa shape index (κ2) is 49.0. The summed E-state index contributed by atoms with van der Waals surface area (Å²) in [6, 6.07) is 18.6. The molecule has 11 atom stereocenters. The lowest BCUT2D eigenvalue weighted by molar-refractivity contribution is -0.151. The van der Waals surface area contributed by atoms with Gasteiger partial charge in [0.2, 0.25) is 94.5 Å². The predicted octanol–water partition coefficient (Wildman–Crippen LogP) is -0.123. The molecule has 1 saturated heterocycles. The number of benzene rings is 5. The Bertz CT molecular complexity index is 5010. The van der Waals surface area contributed by atoms with Crippen LogP contribution in [0.1, 0.15) is 92.8 Å². The van der Waals surface area contributed by atoms with E-state index in [2.05, 4.69) is 57.8 Å². The van der Waals surface area contributed by atoms with Crippen LogP contribution in [0.4, 0.5) is 0 Å². The number of nitrogens with two attached hydrogens (primary N) is 3. The van der Waals surface area contributed by atoms with E-state index in [9.17, 15) is 53.4 Å². The van der Waals surface area contributed by atoms with Crippen LogP contribution in [-0.2, 0) is 115 Å². The Morgan fingerprint density at radius 3 is 1.56 bits per heavy atom. The molecule has 0 unspecified atom stereocenters. The monoisotopic (exact) mass is 1800 g/mol. The lowest BCUT2D eigenvalue weighted by Gasteiger charge is -2.36. The lowest BCUT2D eigenvalue weighted by Crippen LogP contribution is -2.61. The van der Waals surface area contributed by atoms with E-state index in [0.29, 0.717) is 57.3 Å². The van der Waals surface area contributed by atoms with Gasteiger partial charge in [0.1, 0.15) is 78.0 Å². The van der Waals surface area contributed by atoms with Gasteiger partial charge in [0.05, 0.1) is 43.0 Å². The molecule has 7 aromatic rings. The molecular formula is C89H115N19O18S2. The third kappa shape index (κ3) is 29.9. The number of thiazole rings is 1. The average molecular weight is 1800 g/mol. The smallest absolute Gasteiger partial charge is 0.246 e. The molecule has 37 nitrogen and oxygen atoms in total. The third-order valence-corrected chi connectivity index (χ3v) is 23.4. The van der Waals surface area contributed by atoms with Crippen LogP contribution in [0.2, 0.25) is 0 Å². The first-order valence-corrected chi connectivity index (χ1v) is 44.0. The number of phenols is 2. The largest absolute Gasteiger partial charge is 0.508 e. The van der Waals surface area contributed by atoms with Gasteiger partial charge in [-0.25, -0.2) is 4.98 Å². The maximum absolute atomic E-state index is 15.4. The number of hydrogen-bond donors (Lipinski definition) is 15. The number of carbonyl (C=O) groups excluding carboxylic acids is 16. The summed E-state index contributed by atoms with van der Waals surface area (Å²) in [5.41, 5.74) is 22.1. The molecule has 39 heteroatoms. The van der Waals surface area contributed by atoms with E-state index < -0.39 is 204 Å². The third-order valence-electron chi connectivity index (χ3n) is 21.7. The van der Waals surface area contributed by atoms with Crippen molar-refractivity contribution < 1.29 is 86.9 Å². The number of thioether (sulfide) groups is 1. The number of unbranched alkanes of at least 4 members (excludes halogenated alkanes) is 1. The minimum absolute atomic E-state index is 0.0187. The number of H-pyrrole nitrogens is 1. The fourth-order valence-corrected chi connectivity index (χ4v) is 16.0. The van der Waals surface area contributed by atoms with Crippen molar-refractivity contribution in [2.45, 2.75) is 164 Å². The van der Waals surface area contributed by atoms with Crippen molar-refractivity contribution in [2.75, 3.05) is 72.9 Å². The summed E-state index contributed by atoms with van der Waals surface area (Å²) in [5, 5.41) is 46.9. The van der Waals surface area contributed by atoms with E-state index in [1.165, 1.54) is 101 Å². The molecule has 3 heterocycles. The zero-order chi connectivity index (χ0) is 93.4. The highest BCUT2D eigenvalue weighted by Crippen LogP contribution is 2.24. The highest BCUT2D eigenvalue weighted by Gasteiger charge is 2.42. The molecular weight excluding hydrogens is 1690 g/mol. The fraction of sp³-hybridized carbons (Fsp3) is 0.427. The molecule has 2 aromatic heterocycles. The van der Waals surface area contributed by atoms with Gasteiger partial charge in [-0.2, -0.15) is 0 Å². The van der Waals surface area contributed by atoms with E-state index in [4.69, 9.17) is 17.2 Å². The van der Waals surface area contributed by atoms with E-state index in [1.54, 1.807) is 110 Å². The van der Waals surface area contributed by atoms with E-state index in [1.807, 2.05) is 6.92 Å².